The van der Waals surface area contributed by atoms with Gasteiger partial charge in [-0.05, 0) is 30.7 Å². The molecular weight excluding hydrogens is 518 g/mol. The summed E-state index contributed by atoms with van der Waals surface area (Å²) in [7, 11) is 1.20. The van der Waals surface area contributed by atoms with E-state index in [-0.39, 0.29) is 38.1 Å². The maximum absolute atomic E-state index is 13.4. The second-order valence-electron chi connectivity index (χ2n) is 8.28. The zero-order chi connectivity index (χ0) is 27.1. The van der Waals surface area contributed by atoms with Crippen LogP contribution in [0.5, 0.6) is 11.5 Å². The van der Waals surface area contributed by atoms with E-state index in [0.717, 1.165) is 16.2 Å². The number of methoxy groups -OCH3 is 1. The lowest BCUT2D eigenvalue weighted by molar-refractivity contribution is -0.384. The van der Waals surface area contributed by atoms with Gasteiger partial charge in [-0.25, -0.2) is 9.78 Å². The van der Waals surface area contributed by atoms with Crippen molar-refractivity contribution in [3.8, 4) is 11.5 Å². The van der Waals surface area contributed by atoms with Crippen molar-refractivity contribution in [1.82, 2.24) is 4.98 Å². The maximum Gasteiger partial charge on any atom is 0.350 e. The van der Waals surface area contributed by atoms with Crippen LogP contribution >= 0.6 is 11.3 Å². The second-order valence-corrected chi connectivity index (χ2v) is 9.26. The minimum Gasteiger partial charge on any atom is -0.507 e. The van der Waals surface area contributed by atoms with Gasteiger partial charge in [-0.1, -0.05) is 23.5 Å². The average molecular weight is 538 g/mol. The lowest BCUT2D eigenvalue weighted by atomic mass is 9.95. The van der Waals surface area contributed by atoms with Gasteiger partial charge in [0.1, 0.15) is 23.9 Å². The zero-order valence-corrected chi connectivity index (χ0v) is 20.8. The fourth-order valence-corrected chi connectivity index (χ4v) is 5.28. The number of non-ortho nitro benzene ring substituents is 1. The van der Waals surface area contributed by atoms with Crippen molar-refractivity contribution in [2.24, 2.45) is 0 Å². The van der Waals surface area contributed by atoms with Crippen molar-refractivity contribution in [3.63, 3.8) is 0 Å². The monoisotopic (exact) mass is 537 g/mol. The van der Waals surface area contributed by atoms with E-state index < -0.39 is 34.4 Å². The predicted molar refractivity (Wildman–Crippen MR) is 134 cm³/mol. The number of nitro benzene ring substituents is 1. The van der Waals surface area contributed by atoms with Crippen molar-refractivity contribution in [1.29, 1.82) is 0 Å². The second kappa shape index (κ2) is 9.59. The number of aryl methyl sites for hydroxylation is 1. The van der Waals surface area contributed by atoms with Gasteiger partial charge >= 0.3 is 11.9 Å². The van der Waals surface area contributed by atoms with Crippen LogP contribution in [-0.4, -0.2) is 53.0 Å². The van der Waals surface area contributed by atoms with Gasteiger partial charge in [0.15, 0.2) is 16.6 Å². The molecule has 0 bridgehead atoms. The predicted octanol–water partition coefficient (Wildman–Crippen LogP) is 3.54. The molecule has 0 aliphatic carbocycles. The Morgan fingerprint density at radius 2 is 1.92 bits per heavy atom. The van der Waals surface area contributed by atoms with Crippen LogP contribution in [0.2, 0.25) is 0 Å². The number of nitro groups is 1. The first-order valence-electron chi connectivity index (χ1n) is 11.2. The Morgan fingerprint density at radius 3 is 2.63 bits per heavy atom. The van der Waals surface area contributed by atoms with Crippen LogP contribution in [0.4, 0.5) is 10.8 Å². The summed E-state index contributed by atoms with van der Waals surface area (Å²) in [5.41, 5.74) is 0.0410. The van der Waals surface area contributed by atoms with E-state index in [0.29, 0.717) is 24.7 Å². The molecule has 3 heterocycles. The van der Waals surface area contributed by atoms with Gasteiger partial charge in [0.05, 0.1) is 29.3 Å². The van der Waals surface area contributed by atoms with Gasteiger partial charge in [-0.15, -0.1) is 0 Å². The summed E-state index contributed by atoms with van der Waals surface area (Å²) in [4.78, 5) is 55.2. The van der Waals surface area contributed by atoms with Crippen molar-refractivity contribution >= 4 is 45.6 Å². The van der Waals surface area contributed by atoms with Crippen molar-refractivity contribution in [2.45, 2.75) is 13.0 Å². The molecule has 1 fully saturated rings. The first-order valence-corrected chi connectivity index (χ1v) is 12.0. The quantitative estimate of drug-likeness (QED) is 0.127. The molecule has 1 unspecified atom stereocenters. The number of hydrogen-bond acceptors (Lipinski definition) is 11. The SMILES string of the molecule is COC(=O)c1sc(N2C(=O)C(=O)/C(=C(\O)c3ccc4c(c3)OCCO4)C2c2cccc([N+](=O)[O-])c2)nc1C. The van der Waals surface area contributed by atoms with Crippen molar-refractivity contribution in [2.75, 3.05) is 25.2 Å². The van der Waals surface area contributed by atoms with Gasteiger partial charge in [-0.2, -0.15) is 0 Å². The molecule has 5 rings (SSSR count). The number of ether oxygens (including phenoxy) is 3. The number of aromatic nitrogens is 1. The van der Waals surface area contributed by atoms with E-state index in [4.69, 9.17) is 14.2 Å². The summed E-state index contributed by atoms with van der Waals surface area (Å²) in [6, 6.07) is 8.64. The van der Waals surface area contributed by atoms with E-state index in [1.807, 2.05) is 0 Å². The number of hydrogen-bond donors (Lipinski definition) is 1. The highest BCUT2D eigenvalue weighted by Crippen LogP contribution is 2.45. The molecule has 2 aliphatic heterocycles. The summed E-state index contributed by atoms with van der Waals surface area (Å²) in [5.74, 6) is -2.43. The number of carbonyl (C=O) groups excluding carboxylic acids is 3. The fourth-order valence-electron chi connectivity index (χ4n) is 4.27. The number of rotatable bonds is 5. The number of aliphatic hydroxyl groups is 1. The molecule has 1 atom stereocenters. The lowest BCUT2D eigenvalue weighted by Gasteiger charge is -2.23. The first-order chi connectivity index (χ1) is 18.2. The first kappa shape index (κ1) is 24.9. The number of benzene rings is 2. The Bertz CT molecular complexity index is 1540. The minimum absolute atomic E-state index is 0.0114. The van der Waals surface area contributed by atoms with Gasteiger partial charge in [0.25, 0.3) is 11.5 Å². The minimum atomic E-state index is -1.28. The summed E-state index contributed by atoms with van der Waals surface area (Å²) in [5, 5.41) is 22.8. The number of esters is 1. The fraction of sp³-hybridized carbons (Fsp3) is 0.200. The Hall–Kier alpha value is -4.78. The molecule has 12 nitrogen and oxygen atoms in total. The molecule has 0 saturated carbocycles. The number of nitrogens with zero attached hydrogens (tertiary/aromatic N) is 3. The topological polar surface area (TPSA) is 158 Å². The molecule has 1 amide bonds. The molecule has 38 heavy (non-hydrogen) atoms. The number of carbonyl (C=O) groups is 3. The smallest absolute Gasteiger partial charge is 0.350 e. The van der Waals surface area contributed by atoms with Gasteiger partial charge < -0.3 is 19.3 Å². The maximum atomic E-state index is 13.4. The third-order valence-electron chi connectivity index (χ3n) is 6.02. The van der Waals surface area contributed by atoms with Crippen LogP contribution < -0.4 is 14.4 Å². The highest BCUT2D eigenvalue weighted by Gasteiger charge is 2.48. The number of ketones is 1. The number of fused-ring (bicyclic) bond motifs is 1. The zero-order valence-electron chi connectivity index (χ0n) is 20.0. The number of amides is 1. The highest BCUT2D eigenvalue weighted by atomic mass is 32.1. The normalized spacial score (nSPS) is 17.9. The molecule has 3 aromatic rings. The van der Waals surface area contributed by atoms with Crippen LogP contribution in [0.3, 0.4) is 0 Å². The standard InChI is InChI=1S/C25H19N3O9S/c1-12-22(24(32)35-2)38-25(26-12)27-19(13-4-3-5-15(10-13)28(33)34)18(21(30)23(27)31)20(29)14-6-7-16-17(11-14)37-9-8-36-16/h3-7,10-11,19,29H,8-9H2,1-2H3/b20-18-. The molecule has 2 aliphatic rings. The summed E-state index contributed by atoms with van der Waals surface area (Å²) in [6.45, 7) is 2.19. The van der Waals surface area contributed by atoms with E-state index in [1.165, 1.54) is 43.5 Å². The Morgan fingerprint density at radius 1 is 1.18 bits per heavy atom. The molecular formula is C25H19N3O9S. The molecule has 1 N–H and O–H groups in total. The van der Waals surface area contributed by atoms with Crippen molar-refractivity contribution < 1.29 is 38.6 Å². The number of aliphatic hydroxyl groups excluding tert-OH is 1. The third-order valence-corrected chi connectivity index (χ3v) is 7.16. The number of thiazole rings is 1. The van der Waals surface area contributed by atoms with Crippen LogP contribution in [0.25, 0.3) is 5.76 Å². The number of Topliss-reactive ketones (excluding diaryl/α,β-unsaturated/α-hetero) is 1. The summed E-state index contributed by atoms with van der Waals surface area (Å²) in [6.07, 6.45) is 0. The van der Waals surface area contributed by atoms with Crippen LogP contribution in [0.15, 0.2) is 48.0 Å². The molecule has 1 aromatic heterocycles. The van der Waals surface area contributed by atoms with Crippen molar-refractivity contribution in [3.05, 3.63) is 79.8 Å². The van der Waals surface area contributed by atoms with Gasteiger partial charge in [-0.3, -0.25) is 24.6 Å². The Labute approximate surface area is 218 Å². The van der Waals surface area contributed by atoms with Gasteiger partial charge in [0.2, 0.25) is 0 Å². The molecule has 0 radical (unpaired) electrons. The van der Waals surface area contributed by atoms with E-state index in [1.54, 1.807) is 13.0 Å². The molecule has 194 valence electrons. The molecule has 13 heteroatoms. The molecule has 1 saturated heterocycles. The van der Waals surface area contributed by atoms with E-state index in [2.05, 4.69) is 4.98 Å². The van der Waals surface area contributed by atoms with Crippen LogP contribution in [0.1, 0.15) is 32.5 Å². The van der Waals surface area contributed by atoms with E-state index in [9.17, 15) is 29.6 Å². The average Bonchev–Trinajstić information content (AvgIpc) is 3.43. The summed E-state index contributed by atoms with van der Waals surface area (Å²) < 4.78 is 15.8. The van der Waals surface area contributed by atoms with Crippen LogP contribution in [-0.2, 0) is 14.3 Å². The lowest BCUT2D eigenvalue weighted by Crippen LogP contribution is -2.29. The largest absolute Gasteiger partial charge is 0.507 e. The third kappa shape index (κ3) is 4.12. The highest BCUT2D eigenvalue weighted by molar-refractivity contribution is 7.17. The molecule has 2 aromatic carbocycles. The van der Waals surface area contributed by atoms with Gasteiger partial charge in [0, 0.05) is 17.7 Å². The Kier molecular flexibility index (Phi) is 6.28. The summed E-state index contributed by atoms with van der Waals surface area (Å²) >= 11 is 0.825. The van der Waals surface area contributed by atoms with E-state index >= 15 is 0 Å². The van der Waals surface area contributed by atoms with Crippen LogP contribution in [0, 0.1) is 17.0 Å². The Balaban J connectivity index is 1.71. The molecule has 0 spiro atoms. The number of anilines is 1.